The van der Waals surface area contributed by atoms with E-state index in [0.29, 0.717) is 12.5 Å². The Morgan fingerprint density at radius 1 is 1.30 bits per heavy atom. The summed E-state index contributed by atoms with van der Waals surface area (Å²) in [6, 6.07) is 8.29. The summed E-state index contributed by atoms with van der Waals surface area (Å²) in [4.78, 5) is 9.63. The lowest BCUT2D eigenvalue weighted by atomic mass is 10.1. The Labute approximate surface area is 169 Å². The molecule has 1 aliphatic heterocycles. The van der Waals surface area contributed by atoms with Gasteiger partial charge in [0.05, 0.1) is 19.2 Å². The fourth-order valence-electron chi connectivity index (χ4n) is 3.66. The number of nitrogens with zero attached hydrogens (tertiary/aromatic N) is 3. The molecule has 1 saturated heterocycles. The Bertz CT molecular complexity index is 585. The molecule has 1 aromatic rings. The molecule has 1 fully saturated rings. The average Bonchev–Trinajstić information content (AvgIpc) is 3.17. The van der Waals surface area contributed by atoms with Crippen LogP contribution in [0.3, 0.4) is 0 Å². The molecule has 1 heterocycles. The molecule has 0 aliphatic carbocycles. The zero-order chi connectivity index (χ0) is 19.6. The zero-order valence-electron chi connectivity index (χ0n) is 17.2. The van der Waals surface area contributed by atoms with Crippen molar-refractivity contribution < 1.29 is 4.74 Å². The van der Waals surface area contributed by atoms with Crippen LogP contribution in [-0.4, -0.2) is 68.7 Å². The number of halogens is 1. The number of hydrogen-bond donors (Lipinski definition) is 1. The summed E-state index contributed by atoms with van der Waals surface area (Å²) in [5, 5.41) is 4.25. The van der Waals surface area contributed by atoms with Gasteiger partial charge in [-0.25, -0.2) is 0 Å². The molecule has 0 saturated carbocycles. The molecule has 0 amide bonds. The quantitative estimate of drug-likeness (QED) is 0.512. The molecule has 1 aromatic carbocycles. The zero-order valence-corrected chi connectivity index (χ0v) is 18.0. The fourth-order valence-corrected chi connectivity index (χ4v) is 3.93. The number of rotatable bonds is 9. The number of aliphatic imine (C=N–C) groups is 1. The highest BCUT2D eigenvalue weighted by Gasteiger charge is 2.22. The minimum Gasteiger partial charge on any atom is -0.381 e. The molecule has 2 rings (SSSR count). The molecule has 0 radical (unpaired) electrons. The number of nitrogens with one attached hydrogen (secondary N) is 1. The molecule has 152 valence electrons. The Balaban J connectivity index is 2.17. The van der Waals surface area contributed by atoms with Gasteiger partial charge in [0.15, 0.2) is 5.96 Å². The fraction of sp³-hybridized carbons (Fsp3) is 0.667. The Morgan fingerprint density at radius 3 is 2.63 bits per heavy atom. The molecule has 27 heavy (non-hydrogen) atoms. The highest BCUT2D eigenvalue weighted by Crippen LogP contribution is 2.27. The van der Waals surface area contributed by atoms with E-state index in [0.717, 1.165) is 62.4 Å². The third-order valence-corrected chi connectivity index (χ3v) is 5.53. The van der Waals surface area contributed by atoms with Crippen LogP contribution in [0.1, 0.15) is 38.8 Å². The summed E-state index contributed by atoms with van der Waals surface area (Å²) in [7, 11) is 2.11. The molecule has 0 spiro atoms. The van der Waals surface area contributed by atoms with Crippen molar-refractivity contribution in [2.24, 2.45) is 10.9 Å². The van der Waals surface area contributed by atoms with Crippen LogP contribution in [0.2, 0.25) is 5.02 Å². The van der Waals surface area contributed by atoms with Gasteiger partial charge in [-0.2, -0.15) is 0 Å². The standard InChI is InChI=1S/C21H35ClN4O/c1-5-23-21(25(4)15-17-12-13-27-16-17)24-14-20(26(6-2)7-3)18-10-8-9-11-19(18)22/h8-11,17,20H,5-7,12-16H2,1-4H3,(H,23,24). The number of ether oxygens (including phenoxy) is 1. The smallest absolute Gasteiger partial charge is 0.193 e. The third kappa shape index (κ3) is 6.37. The van der Waals surface area contributed by atoms with Crippen molar-refractivity contribution in [3.63, 3.8) is 0 Å². The maximum absolute atomic E-state index is 6.51. The molecule has 0 aromatic heterocycles. The number of likely N-dealkylation sites (N-methyl/N-ethyl adjacent to an activating group) is 1. The van der Waals surface area contributed by atoms with Crippen molar-refractivity contribution in [2.75, 3.05) is 53.0 Å². The second kappa shape index (κ2) is 11.5. The van der Waals surface area contributed by atoms with Crippen molar-refractivity contribution in [3.05, 3.63) is 34.9 Å². The van der Waals surface area contributed by atoms with Gasteiger partial charge >= 0.3 is 0 Å². The average molecular weight is 395 g/mol. The SMILES string of the molecule is CCNC(=NCC(c1ccccc1Cl)N(CC)CC)N(C)CC1CCOC1. The molecule has 2 unspecified atom stereocenters. The summed E-state index contributed by atoms with van der Waals surface area (Å²) >= 11 is 6.51. The van der Waals surface area contributed by atoms with E-state index in [1.54, 1.807) is 0 Å². The molecular weight excluding hydrogens is 360 g/mol. The largest absolute Gasteiger partial charge is 0.381 e. The maximum atomic E-state index is 6.51. The predicted octanol–water partition coefficient (Wildman–Crippen LogP) is 3.66. The van der Waals surface area contributed by atoms with Crippen LogP contribution in [0.15, 0.2) is 29.3 Å². The van der Waals surface area contributed by atoms with Crippen LogP contribution in [-0.2, 0) is 4.74 Å². The highest BCUT2D eigenvalue weighted by molar-refractivity contribution is 6.31. The van der Waals surface area contributed by atoms with Crippen molar-refractivity contribution in [2.45, 2.75) is 33.2 Å². The van der Waals surface area contributed by atoms with Crippen LogP contribution in [0.4, 0.5) is 0 Å². The number of guanidine groups is 1. The number of benzene rings is 1. The Kier molecular flexibility index (Phi) is 9.39. The van der Waals surface area contributed by atoms with Crippen LogP contribution < -0.4 is 5.32 Å². The first-order chi connectivity index (χ1) is 13.1. The van der Waals surface area contributed by atoms with E-state index in [-0.39, 0.29) is 6.04 Å². The van der Waals surface area contributed by atoms with Crippen molar-refractivity contribution in [1.82, 2.24) is 15.1 Å². The van der Waals surface area contributed by atoms with Gasteiger partial charge in [-0.15, -0.1) is 0 Å². The lowest BCUT2D eigenvalue weighted by Gasteiger charge is -2.31. The maximum Gasteiger partial charge on any atom is 0.193 e. The summed E-state index contributed by atoms with van der Waals surface area (Å²) in [5.41, 5.74) is 1.15. The van der Waals surface area contributed by atoms with Crippen molar-refractivity contribution in [1.29, 1.82) is 0 Å². The molecule has 2 atom stereocenters. The van der Waals surface area contributed by atoms with Gasteiger partial charge < -0.3 is 15.0 Å². The van der Waals surface area contributed by atoms with Gasteiger partial charge in [-0.1, -0.05) is 43.6 Å². The highest BCUT2D eigenvalue weighted by atomic mass is 35.5. The lowest BCUT2D eigenvalue weighted by molar-refractivity contribution is 0.181. The van der Waals surface area contributed by atoms with E-state index in [9.17, 15) is 0 Å². The van der Waals surface area contributed by atoms with Crippen LogP contribution in [0, 0.1) is 5.92 Å². The van der Waals surface area contributed by atoms with Gasteiger partial charge in [-0.05, 0) is 38.1 Å². The summed E-state index contributed by atoms with van der Waals surface area (Å²) in [5.74, 6) is 1.54. The summed E-state index contributed by atoms with van der Waals surface area (Å²) in [6.07, 6.45) is 1.13. The van der Waals surface area contributed by atoms with Gasteiger partial charge in [0.25, 0.3) is 0 Å². The van der Waals surface area contributed by atoms with Crippen molar-refractivity contribution in [3.8, 4) is 0 Å². The molecule has 5 nitrogen and oxygen atoms in total. The summed E-state index contributed by atoms with van der Waals surface area (Å²) < 4.78 is 5.52. The second-order valence-corrected chi connectivity index (χ2v) is 7.47. The van der Waals surface area contributed by atoms with E-state index >= 15 is 0 Å². The van der Waals surface area contributed by atoms with Gasteiger partial charge in [0.2, 0.25) is 0 Å². The Morgan fingerprint density at radius 2 is 2.04 bits per heavy atom. The van der Waals surface area contributed by atoms with E-state index in [1.807, 2.05) is 12.1 Å². The van der Waals surface area contributed by atoms with E-state index < -0.39 is 0 Å². The first kappa shape index (κ1) is 22.0. The van der Waals surface area contributed by atoms with Crippen LogP contribution in [0.25, 0.3) is 0 Å². The summed E-state index contributed by atoms with van der Waals surface area (Å²) in [6.45, 7) is 12.6. The first-order valence-electron chi connectivity index (χ1n) is 10.2. The third-order valence-electron chi connectivity index (χ3n) is 5.18. The van der Waals surface area contributed by atoms with E-state index in [4.69, 9.17) is 21.3 Å². The normalized spacial score (nSPS) is 18.7. The minimum absolute atomic E-state index is 0.172. The van der Waals surface area contributed by atoms with Gasteiger partial charge in [0.1, 0.15) is 0 Å². The Hall–Kier alpha value is -1.30. The predicted molar refractivity (Wildman–Crippen MR) is 115 cm³/mol. The molecule has 1 aliphatic rings. The monoisotopic (exact) mass is 394 g/mol. The van der Waals surface area contributed by atoms with Crippen molar-refractivity contribution >= 4 is 17.6 Å². The molecular formula is C21H35ClN4O. The van der Waals surface area contributed by atoms with Gasteiger partial charge in [-0.3, -0.25) is 9.89 Å². The second-order valence-electron chi connectivity index (χ2n) is 7.06. The lowest BCUT2D eigenvalue weighted by Crippen LogP contribution is -2.42. The molecule has 6 heteroatoms. The first-order valence-corrected chi connectivity index (χ1v) is 10.5. The van der Waals surface area contributed by atoms with E-state index in [1.165, 1.54) is 0 Å². The number of hydrogen-bond acceptors (Lipinski definition) is 3. The minimum atomic E-state index is 0.172. The van der Waals surface area contributed by atoms with Crippen LogP contribution in [0.5, 0.6) is 0 Å². The topological polar surface area (TPSA) is 40.1 Å². The van der Waals surface area contributed by atoms with E-state index in [2.05, 4.69) is 55.1 Å². The molecule has 0 bridgehead atoms. The van der Waals surface area contributed by atoms with Crippen LogP contribution >= 0.6 is 11.6 Å². The molecule has 1 N–H and O–H groups in total. The van der Waals surface area contributed by atoms with Gasteiger partial charge in [0, 0.05) is 37.7 Å².